The molecule has 6 heteroatoms. The van der Waals surface area contributed by atoms with Crippen molar-refractivity contribution in [2.45, 2.75) is 6.92 Å². The molecule has 0 aliphatic carbocycles. The van der Waals surface area contributed by atoms with Gasteiger partial charge in [-0.2, -0.15) is 0 Å². The van der Waals surface area contributed by atoms with Crippen molar-refractivity contribution in [3.8, 4) is 0 Å². The van der Waals surface area contributed by atoms with Crippen molar-refractivity contribution >= 4 is 11.5 Å². The van der Waals surface area contributed by atoms with Crippen molar-refractivity contribution in [3.63, 3.8) is 0 Å². The Morgan fingerprint density at radius 2 is 2.15 bits per heavy atom. The van der Waals surface area contributed by atoms with Gasteiger partial charge in [0.25, 0.3) is 11.2 Å². The van der Waals surface area contributed by atoms with Gasteiger partial charge in [-0.15, -0.1) is 0 Å². The lowest BCUT2D eigenvalue weighted by Gasteiger charge is -1.94. The standard InChI is InChI=1S/C7H6N2O4/c1-4(10)6-2-5(9(12)13)3-7(11)8-6/h2-3H,1H3,(H,8,11). The summed E-state index contributed by atoms with van der Waals surface area (Å²) in [6, 6.07) is 1.86. The molecule has 0 unspecified atom stereocenters. The van der Waals surface area contributed by atoms with Gasteiger partial charge in [-0.05, 0) is 0 Å². The van der Waals surface area contributed by atoms with Crippen LogP contribution in [0.3, 0.4) is 0 Å². The SMILES string of the molecule is CC(=O)c1cc([N+](=O)[O-])cc(=O)[nH]1. The zero-order valence-electron chi connectivity index (χ0n) is 6.73. The highest BCUT2D eigenvalue weighted by atomic mass is 16.6. The lowest BCUT2D eigenvalue weighted by Crippen LogP contribution is -2.11. The normalized spacial score (nSPS) is 9.62. The molecule has 0 saturated heterocycles. The Morgan fingerprint density at radius 3 is 2.62 bits per heavy atom. The third-order valence-corrected chi connectivity index (χ3v) is 1.42. The number of carbonyl (C=O) groups is 1. The minimum Gasteiger partial charge on any atom is -0.319 e. The summed E-state index contributed by atoms with van der Waals surface area (Å²) in [6.45, 7) is 1.22. The van der Waals surface area contributed by atoms with E-state index in [4.69, 9.17) is 0 Å². The Bertz CT molecular complexity index is 385. The van der Waals surface area contributed by atoms with E-state index in [1.807, 2.05) is 0 Å². The second kappa shape index (κ2) is 3.18. The van der Waals surface area contributed by atoms with Gasteiger partial charge in [-0.25, -0.2) is 0 Å². The van der Waals surface area contributed by atoms with Crippen LogP contribution in [0.4, 0.5) is 5.69 Å². The van der Waals surface area contributed by atoms with Gasteiger partial charge in [0.05, 0.1) is 16.7 Å². The molecule has 0 atom stereocenters. The van der Waals surface area contributed by atoms with E-state index in [9.17, 15) is 19.7 Å². The molecular weight excluding hydrogens is 176 g/mol. The Labute approximate surface area is 72.4 Å². The molecule has 1 N–H and O–H groups in total. The summed E-state index contributed by atoms with van der Waals surface area (Å²) in [5, 5.41) is 10.3. The topological polar surface area (TPSA) is 93.1 Å². The second-order valence-electron chi connectivity index (χ2n) is 2.43. The average molecular weight is 182 g/mol. The number of hydrogen-bond donors (Lipinski definition) is 1. The number of Topliss-reactive ketones (excluding diaryl/α,β-unsaturated/α-hetero) is 1. The highest BCUT2D eigenvalue weighted by molar-refractivity contribution is 5.92. The molecule has 0 aromatic carbocycles. The lowest BCUT2D eigenvalue weighted by atomic mass is 10.2. The van der Waals surface area contributed by atoms with Crippen molar-refractivity contribution in [1.82, 2.24) is 4.98 Å². The zero-order valence-corrected chi connectivity index (χ0v) is 6.73. The summed E-state index contributed by atoms with van der Waals surface area (Å²) in [5.74, 6) is -0.416. The Balaban J connectivity index is 3.35. The minimum atomic E-state index is -0.721. The molecule has 1 aromatic heterocycles. The number of carbonyl (C=O) groups excluding carboxylic acids is 1. The number of aromatic nitrogens is 1. The van der Waals surface area contributed by atoms with Crippen LogP contribution in [0.1, 0.15) is 17.4 Å². The number of nitro groups is 1. The number of pyridine rings is 1. The van der Waals surface area contributed by atoms with Gasteiger partial charge in [0.2, 0.25) is 0 Å². The molecule has 6 nitrogen and oxygen atoms in total. The van der Waals surface area contributed by atoms with Gasteiger partial charge in [-0.1, -0.05) is 0 Å². The average Bonchev–Trinajstić information content (AvgIpc) is 2.03. The molecular formula is C7H6N2O4. The van der Waals surface area contributed by atoms with Crippen molar-refractivity contribution in [2.24, 2.45) is 0 Å². The quantitative estimate of drug-likeness (QED) is 0.409. The summed E-state index contributed by atoms with van der Waals surface area (Å²) in [6.07, 6.45) is 0. The Hall–Kier alpha value is -1.98. The fourth-order valence-corrected chi connectivity index (χ4v) is 0.824. The van der Waals surface area contributed by atoms with Crippen molar-refractivity contribution in [3.05, 3.63) is 38.3 Å². The van der Waals surface area contributed by atoms with Crippen molar-refractivity contribution in [2.75, 3.05) is 0 Å². The third kappa shape index (κ3) is 1.98. The van der Waals surface area contributed by atoms with Crippen molar-refractivity contribution in [1.29, 1.82) is 0 Å². The van der Waals surface area contributed by atoms with Crippen LogP contribution in [0.25, 0.3) is 0 Å². The third-order valence-electron chi connectivity index (χ3n) is 1.42. The maximum absolute atomic E-state index is 10.8. The summed E-state index contributed by atoms with van der Waals surface area (Å²) in [4.78, 5) is 33.3. The van der Waals surface area contributed by atoms with Gasteiger partial charge in [0, 0.05) is 13.0 Å². The van der Waals surface area contributed by atoms with E-state index in [0.29, 0.717) is 0 Å². The molecule has 1 rings (SSSR count). The first kappa shape index (κ1) is 9.11. The van der Waals surface area contributed by atoms with Crippen LogP contribution in [0.15, 0.2) is 16.9 Å². The summed E-state index contributed by atoms with van der Waals surface area (Å²) < 4.78 is 0. The molecule has 0 aliphatic heterocycles. The molecule has 0 spiro atoms. The number of rotatable bonds is 2. The van der Waals surface area contributed by atoms with Gasteiger partial charge in [-0.3, -0.25) is 19.7 Å². The minimum absolute atomic E-state index is 0.0563. The van der Waals surface area contributed by atoms with Crippen molar-refractivity contribution < 1.29 is 9.72 Å². The monoisotopic (exact) mass is 182 g/mol. The number of H-pyrrole nitrogens is 1. The number of nitrogens with zero attached hydrogens (tertiary/aromatic N) is 1. The molecule has 1 heterocycles. The largest absolute Gasteiger partial charge is 0.319 e. The fraction of sp³-hybridized carbons (Fsp3) is 0.143. The molecule has 0 aliphatic rings. The molecule has 0 fully saturated rings. The first-order chi connectivity index (χ1) is 6.00. The molecule has 13 heavy (non-hydrogen) atoms. The molecule has 1 aromatic rings. The van der Waals surface area contributed by atoms with E-state index < -0.39 is 16.3 Å². The predicted molar refractivity (Wildman–Crippen MR) is 43.7 cm³/mol. The summed E-state index contributed by atoms with van der Waals surface area (Å²) >= 11 is 0. The van der Waals surface area contributed by atoms with Crippen LogP contribution in [-0.4, -0.2) is 15.7 Å². The van der Waals surface area contributed by atoms with E-state index in [1.165, 1.54) is 6.92 Å². The van der Waals surface area contributed by atoms with E-state index in [1.54, 1.807) is 0 Å². The van der Waals surface area contributed by atoms with Crippen LogP contribution in [0.5, 0.6) is 0 Å². The fourth-order valence-electron chi connectivity index (χ4n) is 0.824. The second-order valence-corrected chi connectivity index (χ2v) is 2.43. The highest BCUT2D eigenvalue weighted by Gasteiger charge is 2.10. The number of ketones is 1. The number of aromatic amines is 1. The first-order valence-electron chi connectivity index (χ1n) is 3.40. The Kier molecular flexibility index (Phi) is 2.23. The van der Waals surface area contributed by atoms with E-state index >= 15 is 0 Å². The number of nitrogens with one attached hydrogen (secondary N) is 1. The van der Waals surface area contributed by atoms with Gasteiger partial charge in [0.1, 0.15) is 0 Å². The molecule has 0 amide bonds. The van der Waals surface area contributed by atoms with Crippen LogP contribution >= 0.6 is 0 Å². The summed E-state index contributed by atoms with van der Waals surface area (Å²) in [7, 11) is 0. The van der Waals surface area contributed by atoms with Crippen LogP contribution in [0, 0.1) is 10.1 Å². The van der Waals surface area contributed by atoms with Crippen LogP contribution in [0.2, 0.25) is 0 Å². The van der Waals surface area contributed by atoms with Gasteiger partial charge < -0.3 is 4.98 Å². The lowest BCUT2D eigenvalue weighted by molar-refractivity contribution is -0.385. The summed E-state index contributed by atoms with van der Waals surface area (Å²) in [5.41, 5.74) is -1.09. The van der Waals surface area contributed by atoms with Crippen LogP contribution < -0.4 is 5.56 Å². The molecule has 68 valence electrons. The zero-order chi connectivity index (χ0) is 10.0. The maximum Gasteiger partial charge on any atom is 0.277 e. The number of hydrogen-bond acceptors (Lipinski definition) is 4. The molecule has 0 radical (unpaired) electrons. The van der Waals surface area contributed by atoms with E-state index in [2.05, 4.69) is 4.98 Å². The maximum atomic E-state index is 10.8. The predicted octanol–water partition coefficient (Wildman–Crippen LogP) is 0.486. The van der Waals surface area contributed by atoms with E-state index in [-0.39, 0.29) is 11.4 Å². The van der Waals surface area contributed by atoms with Gasteiger partial charge >= 0.3 is 0 Å². The highest BCUT2D eigenvalue weighted by Crippen LogP contribution is 2.08. The van der Waals surface area contributed by atoms with Crippen LogP contribution in [-0.2, 0) is 0 Å². The molecule has 0 saturated carbocycles. The van der Waals surface area contributed by atoms with Gasteiger partial charge in [0.15, 0.2) is 5.78 Å². The van der Waals surface area contributed by atoms with E-state index in [0.717, 1.165) is 12.1 Å². The molecule has 0 bridgehead atoms. The Morgan fingerprint density at radius 1 is 1.54 bits per heavy atom. The smallest absolute Gasteiger partial charge is 0.277 e. The first-order valence-corrected chi connectivity index (χ1v) is 3.40.